The van der Waals surface area contributed by atoms with Crippen molar-refractivity contribution in [1.29, 1.82) is 0 Å². The van der Waals surface area contributed by atoms with E-state index in [-0.39, 0.29) is 11.6 Å². The Morgan fingerprint density at radius 2 is 1.77 bits per heavy atom. The van der Waals surface area contributed by atoms with Crippen LogP contribution >= 0.6 is 0 Å². The van der Waals surface area contributed by atoms with E-state index in [0.29, 0.717) is 12.2 Å². The van der Waals surface area contributed by atoms with Crippen molar-refractivity contribution < 1.29 is 17.5 Å². The molecule has 1 aromatic heterocycles. The monoisotopic (exact) mass is 495 g/mol. The zero-order chi connectivity index (χ0) is 24.8. The molecule has 0 aliphatic carbocycles. The molecule has 4 rings (SSSR count). The van der Waals surface area contributed by atoms with Crippen LogP contribution in [0, 0.1) is 5.82 Å². The highest BCUT2D eigenvalue weighted by Crippen LogP contribution is 2.29. The van der Waals surface area contributed by atoms with E-state index in [0.717, 1.165) is 35.0 Å². The molecule has 1 unspecified atom stereocenters. The summed E-state index contributed by atoms with van der Waals surface area (Å²) < 4.78 is 49.5. The fourth-order valence-electron chi connectivity index (χ4n) is 4.07. The average molecular weight is 496 g/mol. The standard InChI is InChI=1S/C27H30FN3O3S/c1-3-4-8-17-35(32,33)30-20(2)27(21-9-6-5-7-10-21)34-25-15-16-26-22(18-25)19-29-31(26)24-13-11-23(28)12-14-24/h5-7,9-16,18-20,27,30H,3-4,8,17H2,1-2H3/t20?,27-/m0/s1. The summed E-state index contributed by atoms with van der Waals surface area (Å²) in [6.07, 6.45) is 3.66. The molecular formula is C27H30FN3O3S. The molecular weight excluding hydrogens is 465 g/mol. The maximum absolute atomic E-state index is 13.3. The van der Waals surface area contributed by atoms with E-state index in [2.05, 4.69) is 9.82 Å². The number of nitrogens with one attached hydrogen (secondary N) is 1. The van der Waals surface area contributed by atoms with Crippen LogP contribution in [-0.4, -0.2) is 30.0 Å². The van der Waals surface area contributed by atoms with Gasteiger partial charge >= 0.3 is 0 Å². The summed E-state index contributed by atoms with van der Waals surface area (Å²) in [5.41, 5.74) is 2.48. The van der Waals surface area contributed by atoms with Crippen LogP contribution in [-0.2, 0) is 10.0 Å². The number of hydrogen-bond acceptors (Lipinski definition) is 4. The zero-order valence-corrected chi connectivity index (χ0v) is 20.7. The van der Waals surface area contributed by atoms with E-state index in [1.54, 1.807) is 23.0 Å². The second-order valence-electron chi connectivity index (χ2n) is 8.64. The van der Waals surface area contributed by atoms with Crippen molar-refractivity contribution in [2.24, 2.45) is 0 Å². The number of nitrogens with zero attached hydrogens (tertiary/aromatic N) is 2. The van der Waals surface area contributed by atoms with Gasteiger partial charge in [-0.25, -0.2) is 22.2 Å². The lowest BCUT2D eigenvalue weighted by Crippen LogP contribution is -2.40. The molecule has 0 saturated heterocycles. The molecule has 1 heterocycles. The summed E-state index contributed by atoms with van der Waals surface area (Å²) >= 11 is 0. The summed E-state index contributed by atoms with van der Waals surface area (Å²) in [4.78, 5) is 0. The molecule has 3 aromatic carbocycles. The Hall–Kier alpha value is -3.23. The van der Waals surface area contributed by atoms with Crippen LogP contribution in [0.25, 0.3) is 16.6 Å². The molecule has 0 fully saturated rings. The van der Waals surface area contributed by atoms with E-state index >= 15 is 0 Å². The van der Waals surface area contributed by atoms with Gasteiger partial charge in [0.25, 0.3) is 0 Å². The molecule has 8 heteroatoms. The quantitative estimate of drug-likeness (QED) is 0.268. The van der Waals surface area contributed by atoms with Crippen molar-refractivity contribution in [3.8, 4) is 11.4 Å². The minimum absolute atomic E-state index is 0.0984. The van der Waals surface area contributed by atoms with Crippen LogP contribution < -0.4 is 9.46 Å². The van der Waals surface area contributed by atoms with E-state index < -0.39 is 22.2 Å². The van der Waals surface area contributed by atoms with Crippen LogP contribution in [0.3, 0.4) is 0 Å². The van der Waals surface area contributed by atoms with Gasteiger partial charge in [0.1, 0.15) is 17.7 Å². The third kappa shape index (κ3) is 6.26. The third-order valence-electron chi connectivity index (χ3n) is 5.84. The van der Waals surface area contributed by atoms with Crippen LogP contribution in [0.15, 0.2) is 79.0 Å². The minimum atomic E-state index is -3.43. The summed E-state index contributed by atoms with van der Waals surface area (Å²) in [5, 5.41) is 5.29. The molecule has 184 valence electrons. The van der Waals surface area contributed by atoms with Gasteiger partial charge in [-0.05, 0) is 61.4 Å². The summed E-state index contributed by atoms with van der Waals surface area (Å²) in [5.74, 6) is 0.395. The minimum Gasteiger partial charge on any atom is -0.484 e. The molecule has 0 aliphatic heterocycles. The lowest BCUT2D eigenvalue weighted by molar-refractivity contribution is 0.173. The van der Waals surface area contributed by atoms with E-state index in [4.69, 9.17) is 4.74 Å². The number of ether oxygens (including phenoxy) is 1. The second kappa shape index (κ2) is 11.0. The summed E-state index contributed by atoms with van der Waals surface area (Å²) in [6.45, 7) is 3.86. The Kier molecular flexibility index (Phi) is 7.83. The lowest BCUT2D eigenvalue weighted by Gasteiger charge is -2.26. The van der Waals surface area contributed by atoms with Gasteiger partial charge in [-0.1, -0.05) is 50.1 Å². The van der Waals surface area contributed by atoms with Gasteiger partial charge in [0.15, 0.2) is 0 Å². The number of sulfonamides is 1. The highest BCUT2D eigenvalue weighted by molar-refractivity contribution is 7.89. The Morgan fingerprint density at radius 1 is 1.03 bits per heavy atom. The molecule has 0 amide bonds. The first-order chi connectivity index (χ1) is 16.9. The Balaban J connectivity index is 1.58. The Labute approximate surface area is 205 Å². The SMILES string of the molecule is CCCCCS(=O)(=O)NC(C)[C@H](Oc1ccc2c(cnn2-c2ccc(F)cc2)c1)c1ccccc1. The summed E-state index contributed by atoms with van der Waals surface area (Å²) in [6, 6.07) is 20.8. The topological polar surface area (TPSA) is 73.2 Å². The number of hydrogen-bond donors (Lipinski definition) is 1. The molecule has 1 N–H and O–H groups in total. The van der Waals surface area contributed by atoms with Gasteiger partial charge in [-0.3, -0.25) is 0 Å². The largest absolute Gasteiger partial charge is 0.484 e. The maximum atomic E-state index is 13.3. The number of unbranched alkanes of at least 4 members (excludes halogenated alkanes) is 2. The highest BCUT2D eigenvalue weighted by atomic mass is 32.2. The van der Waals surface area contributed by atoms with E-state index in [1.165, 1.54) is 12.1 Å². The normalized spacial score (nSPS) is 13.6. The van der Waals surface area contributed by atoms with Gasteiger partial charge in [-0.15, -0.1) is 0 Å². The van der Waals surface area contributed by atoms with Crippen LogP contribution in [0.2, 0.25) is 0 Å². The zero-order valence-electron chi connectivity index (χ0n) is 19.9. The molecule has 35 heavy (non-hydrogen) atoms. The predicted molar refractivity (Wildman–Crippen MR) is 137 cm³/mol. The van der Waals surface area contributed by atoms with Gasteiger partial charge < -0.3 is 4.74 Å². The van der Waals surface area contributed by atoms with Gasteiger partial charge in [0.2, 0.25) is 10.0 Å². The highest BCUT2D eigenvalue weighted by Gasteiger charge is 2.26. The number of benzene rings is 3. The smallest absolute Gasteiger partial charge is 0.211 e. The molecule has 2 atom stereocenters. The molecule has 4 aromatic rings. The number of halogens is 1. The van der Waals surface area contributed by atoms with Crippen LogP contribution in [0.5, 0.6) is 5.75 Å². The molecule has 0 bridgehead atoms. The van der Waals surface area contributed by atoms with Crippen molar-refractivity contribution in [3.63, 3.8) is 0 Å². The third-order valence-corrected chi connectivity index (χ3v) is 7.40. The van der Waals surface area contributed by atoms with E-state index in [1.807, 2.05) is 62.4 Å². The number of fused-ring (bicyclic) bond motifs is 1. The fraction of sp³-hybridized carbons (Fsp3) is 0.296. The Morgan fingerprint density at radius 3 is 2.49 bits per heavy atom. The van der Waals surface area contributed by atoms with Gasteiger partial charge in [0, 0.05) is 5.39 Å². The van der Waals surface area contributed by atoms with Crippen molar-refractivity contribution in [1.82, 2.24) is 14.5 Å². The van der Waals surface area contributed by atoms with Crippen molar-refractivity contribution in [2.45, 2.75) is 45.3 Å². The van der Waals surface area contributed by atoms with Crippen molar-refractivity contribution >= 4 is 20.9 Å². The van der Waals surface area contributed by atoms with Crippen molar-refractivity contribution in [2.75, 3.05) is 5.75 Å². The second-order valence-corrected chi connectivity index (χ2v) is 10.5. The maximum Gasteiger partial charge on any atom is 0.211 e. The molecule has 0 spiro atoms. The van der Waals surface area contributed by atoms with E-state index in [9.17, 15) is 12.8 Å². The molecule has 0 radical (unpaired) electrons. The molecule has 0 saturated carbocycles. The Bertz CT molecular complexity index is 1360. The average Bonchev–Trinajstić information content (AvgIpc) is 3.26. The van der Waals surface area contributed by atoms with Gasteiger partial charge in [0.05, 0.1) is 29.2 Å². The van der Waals surface area contributed by atoms with Crippen molar-refractivity contribution in [3.05, 3.63) is 90.4 Å². The van der Waals surface area contributed by atoms with Crippen LogP contribution in [0.4, 0.5) is 4.39 Å². The fourth-order valence-corrected chi connectivity index (χ4v) is 5.46. The number of rotatable bonds is 11. The van der Waals surface area contributed by atoms with Crippen LogP contribution in [0.1, 0.15) is 44.8 Å². The lowest BCUT2D eigenvalue weighted by atomic mass is 10.0. The first-order valence-electron chi connectivity index (χ1n) is 11.8. The van der Waals surface area contributed by atoms with Gasteiger partial charge in [-0.2, -0.15) is 5.10 Å². The number of aromatic nitrogens is 2. The molecule has 6 nitrogen and oxygen atoms in total. The first kappa shape index (κ1) is 24.9. The molecule has 0 aliphatic rings. The summed E-state index contributed by atoms with van der Waals surface area (Å²) in [7, 11) is -3.43. The predicted octanol–water partition coefficient (Wildman–Crippen LogP) is 5.78. The first-order valence-corrected chi connectivity index (χ1v) is 13.5.